The normalized spacial score (nSPS) is 19.3. The zero-order chi connectivity index (χ0) is 11.3. The zero-order valence-electron chi connectivity index (χ0n) is 9.71. The van der Waals surface area contributed by atoms with Gasteiger partial charge in [-0.2, -0.15) is 0 Å². The lowest BCUT2D eigenvalue weighted by Crippen LogP contribution is -2.50. The van der Waals surface area contributed by atoms with Gasteiger partial charge in [0.25, 0.3) is 0 Å². The lowest BCUT2D eigenvalue weighted by Gasteiger charge is -2.28. The van der Waals surface area contributed by atoms with Crippen LogP contribution in [0.1, 0.15) is 33.1 Å². The van der Waals surface area contributed by atoms with Crippen LogP contribution in [-0.2, 0) is 9.53 Å². The van der Waals surface area contributed by atoms with E-state index in [9.17, 15) is 4.79 Å². The quantitative estimate of drug-likeness (QED) is 0.516. The number of ether oxygens (including phenoxy) is 1. The van der Waals surface area contributed by atoms with E-state index in [-0.39, 0.29) is 5.97 Å². The number of nitrogens with one attached hydrogen (secondary N) is 1. The summed E-state index contributed by atoms with van der Waals surface area (Å²) < 4.78 is 5.10. The van der Waals surface area contributed by atoms with Crippen molar-refractivity contribution in [1.29, 1.82) is 0 Å². The Morgan fingerprint density at radius 3 is 2.80 bits per heavy atom. The molecular formula is C12H21NO2. The lowest BCUT2D eigenvalue weighted by atomic mass is 9.94. The highest BCUT2D eigenvalue weighted by atomic mass is 16.5. The maximum atomic E-state index is 11.8. The van der Waals surface area contributed by atoms with E-state index in [4.69, 9.17) is 4.74 Å². The summed E-state index contributed by atoms with van der Waals surface area (Å²) in [5, 5.41) is 3.21. The molecule has 1 aliphatic rings. The average molecular weight is 211 g/mol. The van der Waals surface area contributed by atoms with Crippen molar-refractivity contribution in [1.82, 2.24) is 5.32 Å². The predicted molar refractivity (Wildman–Crippen MR) is 60.6 cm³/mol. The third-order valence-electron chi connectivity index (χ3n) is 2.76. The topological polar surface area (TPSA) is 38.3 Å². The van der Waals surface area contributed by atoms with Gasteiger partial charge in [0.15, 0.2) is 0 Å². The van der Waals surface area contributed by atoms with Gasteiger partial charge < -0.3 is 4.74 Å². The molecule has 0 aromatic heterocycles. The van der Waals surface area contributed by atoms with Crippen LogP contribution in [0, 0.1) is 5.92 Å². The first-order valence-electron chi connectivity index (χ1n) is 5.65. The zero-order valence-corrected chi connectivity index (χ0v) is 9.71. The fourth-order valence-electron chi connectivity index (χ4n) is 1.71. The molecule has 1 saturated carbocycles. The number of hydrogen-bond donors (Lipinski definition) is 1. The average Bonchev–Trinajstić information content (AvgIpc) is 2.99. The second kappa shape index (κ2) is 5.31. The van der Waals surface area contributed by atoms with Crippen LogP contribution in [0.5, 0.6) is 0 Å². The third kappa shape index (κ3) is 3.67. The Morgan fingerprint density at radius 1 is 1.67 bits per heavy atom. The van der Waals surface area contributed by atoms with Gasteiger partial charge in [-0.25, -0.2) is 0 Å². The van der Waals surface area contributed by atoms with Gasteiger partial charge in [-0.1, -0.05) is 18.9 Å². The van der Waals surface area contributed by atoms with Crippen LogP contribution in [0.15, 0.2) is 12.7 Å². The first-order chi connectivity index (χ1) is 7.12. The fraction of sp³-hybridized carbons (Fsp3) is 0.750. The van der Waals surface area contributed by atoms with E-state index in [0.29, 0.717) is 19.1 Å². The molecule has 0 saturated heterocycles. The van der Waals surface area contributed by atoms with E-state index < -0.39 is 5.54 Å². The highest BCUT2D eigenvalue weighted by Crippen LogP contribution is 2.37. The van der Waals surface area contributed by atoms with Crippen molar-refractivity contribution in [3.05, 3.63) is 12.7 Å². The van der Waals surface area contributed by atoms with Crippen molar-refractivity contribution in [3.8, 4) is 0 Å². The Labute approximate surface area is 91.9 Å². The largest absolute Gasteiger partial charge is 0.465 e. The van der Waals surface area contributed by atoms with Gasteiger partial charge in [0.2, 0.25) is 0 Å². The second-order valence-corrected chi connectivity index (χ2v) is 4.37. The van der Waals surface area contributed by atoms with E-state index >= 15 is 0 Å². The molecule has 1 N–H and O–H groups in total. The Bertz CT molecular complexity index is 236. The summed E-state index contributed by atoms with van der Waals surface area (Å²) in [6.07, 6.45) is 5.12. The number of esters is 1. The second-order valence-electron chi connectivity index (χ2n) is 4.37. The number of carbonyl (C=O) groups excluding carboxylic acids is 1. The highest BCUT2D eigenvalue weighted by molar-refractivity contribution is 5.80. The molecule has 0 heterocycles. The molecule has 1 aliphatic carbocycles. The van der Waals surface area contributed by atoms with Gasteiger partial charge in [0, 0.05) is 6.54 Å². The Balaban J connectivity index is 2.55. The van der Waals surface area contributed by atoms with Crippen LogP contribution in [0.2, 0.25) is 0 Å². The van der Waals surface area contributed by atoms with Gasteiger partial charge in [0.1, 0.15) is 5.54 Å². The van der Waals surface area contributed by atoms with E-state index in [1.54, 1.807) is 6.08 Å². The molecule has 86 valence electrons. The maximum absolute atomic E-state index is 11.8. The van der Waals surface area contributed by atoms with E-state index in [2.05, 4.69) is 11.9 Å². The van der Waals surface area contributed by atoms with Crippen LogP contribution in [0.3, 0.4) is 0 Å². The molecule has 0 aromatic carbocycles. The monoisotopic (exact) mass is 211 g/mol. The molecule has 0 aliphatic heterocycles. The van der Waals surface area contributed by atoms with Crippen LogP contribution < -0.4 is 5.32 Å². The highest BCUT2D eigenvalue weighted by Gasteiger charge is 2.39. The maximum Gasteiger partial charge on any atom is 0.326 e. The summed E-state index contributed by atoms with van der Waals surface area (Å²) in [5.41, 5.74) is -0.536. The number of hydrogen-bond acceptors (Lipinski definition) is 3. The summed E-state index contributed by atoms with van der Waals surface area (Å²) >= 11 is 0. The van der Waals surface area contributed by atoms with Crippen molar-refractivity contribution >= 4 is 5.97 Å². The molecule has 3 heteroatoms. The first kappa shape index (κ1) is 12.2. The van der Waals surface area contributed by atoms with Crippen LogP contribution in [0.4, 0.5) is 0 Å². The Hall–Kier alpha value is -0.830. The van der Waals surface area contributed by atoms with Gasteiger partial charge in [-0.05, 0) is 26.2 Å². The van der Waals surface area contributed by atoms with Gasteiger partial charge in [0.05, 0.1) is 6.61 Å². The molecule has 0 bridgehead atoms. The Kier molecular flexibility index (Phi) is 4.33. The number of carbonyl (C=O) groups is 1. The van der Waals surface area contributed by atoms with E-state index in [1.165, 1.54) is 12.8 Å². The van der Waals surface area contributed by atoms with Crippen LogP contribution in [-0.4, -0.2) is 24.7 Å². The van der Waals surface area contributed by atoms with Crippen molar-refractivity contribution in [3.63, 3.8) is 0 Å². The SMILES string of the molecule is C=CCNC(C)(CC1CC1)C(=O)OCC. The molecule has 0 spiro atoms. The lowest BCUT2D eigenvalue weighted by molar-refractivity contribution is -0.150. The van der Waals surface area contributed by atoms with E-state index in [1.807, 2.05) is 13.8 Å². The molecule has 0 amide bonds. The molecule has 0 radical (unpaired) electrons. The Morgan fingerprint density at radius 2 is 2.33 bits per heavy atom. The summed E-state index contributed by atoms with van der Waals surface area (Å²) in [7, 11) is 0. The number of rotatable bonds is 7. The minimum atomic E-state index is -0.536. The molecular weight excluding hydrogens is 190 g/mol. The molecule has 1 fully saturated rings. The van der Waals surface area contributed by atoms with Gasteiger partial charge in [-0.15, -0.1) is 6.58 Å². The van der Waals surface area contributed by atoms with Crippen molar-refractivity contribution in [2.45, 2.75) is 38.6 Å². The summed E-state index contributed by atoms with van der Waals surface area (Å²) in [4.78, 5) is 11.8. The van der Waals surface area contributed by atoms with Crippen molar-refractivity contribution in [2.75, 3.05) is 13.2 Å². The first-order valence-corrected chi connectivity index (χ1v) is 5.65. The minimum absolute atomic E-state index is 0.140. The molecule has 3 nitrogen and oxygen atoms in total. The van der Waals surface area contributed by atoms with Gasteiger partial charge in [-0.3, -0.25) is 10.1 Å². The molecule has 0 aromatic rings. The van der Waals surface area contributed by atoms with Crippen LogP contribution >= 0.6 is 0 Å². The van der Waals surface area contributed by atoms with Gasteiger partial charge >= 0.3 is 5.97 Å². The summed E-state index contributed by atoms with van der Waals surface area (Å²) in [5.74, 6) is 0.551. The molecule has 1 atom stereocenters. The van der Waals surface area contributed by atoms with Crippen LogP contribution in [0.25, 0.3) is 0 Å². The van der Waals surface area contributed by atoms with Crippen molar-refractivity contribution < 1.29 is 9.53 Å². The minimum Gasteiger partial charge on any atom is -0.465 e. The molecule has 1 rings (SSSR count). The summed E-state index contributed by atoms with van der Waals surface area (Å²) in [6.45, 7) is 8.49. The standard InChI is InChI=1S/C12H21NO2/c1-4-8-13-12(3,9-10-6-7-10)11(14)15-5-2/h4,10,13H,1,5-9H2,2-3H3. The molecule has 1 unspecified atom stereocenters. The van der Waals surface area contributed by atoms with E-state index in [0.717, 1.165) is 6.42 Å². The van der Waals surface area contributed by atoms with Crippen molar-refractivity contribution in [2.24, 2.45) is 5.92 Å². The fourth-order valence-corrected chi connectivity index (χ4v) is 1.71. The molecule has 15 heavy (non-hydrogen) atoms. The third-order valence-corrected chi connectivity index (χ3v) is 2.76. The summed E-state index contributed by atoms with van der Waals surface area (Å²) in [6, 6.07) is 0. The smallest absolute Gasteiger partial charge is 0.326 e. The predicted octanol–water partition coefficient (Wildman–Crippen LogP) is 1.88.